The van der Waals surface area contributed by atoms with Gasteiger partial charge in [0.1, 0.15) is 5.75 Å². The minimum atomic E-state index is -0.527. The van der Waals surface area contributed by atoms with Crippen molar-refractivity contribution in [2.24, 2.45) is 0 Å². The molecule has 2 aromatic rings. The lowest BCUT2D eigenvalue weighted by molar-refractivity contribution is -0.139. The zero-order valence-electron chi connectivity index (χ0n) is 14.0. The second-order valence-electron chi connectivity index (χ2n) is 4.87. The van der Waals surface area contributed by atoms with Gasteiger partial charge in [-0.3, -0.25) is 0 Å². The van der Waals surface area contributed by atoms with Crippen molar-refractivity contribution in [3.8, 4) is 5.75 Å². The molecule has 2 rings (SSSR count). The van der Waals surface area contributed by atoms with Gasteiger partial charge < -0.3 is 14.2 Å². The molecule has 0 amide bonds. The molecule has 4 nitrogen and oxygen atoms in total. The van der Waals surface area contributed by atoms with Gasteiger partial charge in [0.15, 0.2) is 0 Å². The van der Waals surface area contributed by atoms with Crippen LogP contribution < -0.4 is 4.74 Å². The van der Waals surface area contributed by atoms with Gasteiger partial charge in [-0.2, -0.15) is 0 Å². The number of carbonyl (C=O) groups is 1. The van der Waals surface area contributed by atoms with E-state index in [2.05, 4.69) is 0 Å². The zero-order chi connectivity index (χ0) is 17.4. The summed E-state index contributed by atoms with van der Waals surface area (Å²) in [5.41, 5.74) is 2.83. The maximum atomic E-state index is 11.7. The number of para-hydroxylation sites is 1. The van der Waals surface area contributed by atoms with Crippen LogP contribution in [0.2, 0.25) is 0 Å². The number of benzene rings is 2. The molecule has 124 valence electrons. The van der Waals surface area contributed by atoms with Gasteiger partial charge in [-0.15, -0.1) is 0 Å². The van der Waals surface area contributed by atoms with Crippen molar-refractivity contribution in [2.45, 2.75) is 0 Å². The standard InChI is InChI=1S/C20H20O4/c1-22-18-12-8-7-11-17(18)16(15-9-5-4-6-10-15)13-14-19(23-2)20(21)24-3/h4-14H,1-3H3/b16-13+,19-14-. The van der Waals surface area contributed by atoms with Crippen molar-refractivity contribution >= 4 is 11.5 Å². The van der Waals surface area contributed by atoms with Crippen LogP contribution in [0.1, 0.15) is 11.1 Å². The van der Waals surface area contributed by atoms with E-state index in [1.807, 2.05) is 60.7 Å². The minimum Gasteiger partial charge on any atom is -0.496 e. The lowest BCUT2D eigenvalue weighted by atomic mass is 9.96. The van der Waals surface area contributed by atoms with Crippen molar-refractivity contribution < 1.29 is 19.0 Å². The summed E-state index contributed by atoms with van der Waals surface area (Å²) < 4.78 is 15.3. The monoisotopic (exact) mass is 324 g/mol. The van der Waals surface area contributed by atoms with E-state index in [-0.39, 0.29) is 5.76 Å². The van der Waals surface area contributed by atoms with Crippen LogP contribution in [0.3, 0.4) is 0 Å². The number of allylic oxidation sites excluding steroid dienone is 2. The fourth-order valence-corrected chi connectivity index (χ4v) is 2.31. The number of esters is 1. The topological polar surface area (TPSA) is 44.8 Å². The van der Waals surface area contributed by atoms with Crippen molar-refractivity contribution in [2.75, 3.05) is 21.3 Å². The van der Waals surface area contributed by atoms with E-state index in [1.54, 1.807) is 13.2 Å². The summed E-state index contributed by atoms with van der Waals surface area (Å²) in [4.78, 5) is 11.7. The van der Waals surface area contributed by atoms with Gasteiger partial charge in [-0.05, 0) is 29.4 Å². The highest BCUT2D eigenvalue weighted by atomic mass is 16.6. The highest BCUT2D eigenvalue weighted by Gasteiger charge is 2.12. The summed E-state index contributed by atoms with van der Waals surface area (Å²) in [7, 11) is 4.38. The molecule has 2 aromatic carbocycles. The predicted molar refractivity (Wildman–Crippen MR) is 93.6 cm³/mol. The summed E-state index contributed by atoms with van der Waals surface area (Å²) in [5, 5.41) is 0. The number of ether oxygens (including phenoxy) is 3. The first-order valence-electron chi connectivity index (χ1n) is 7.44. The third-order valence-corrected chi connectivity index (χ3v) is 3.49. The third-order valence-electron chi connectivity index (χ3n) is 3.49. The zero-order valence-corrected chi connectivity index (χ0v) is 14.0. The molecule has 0 aliphatic heterocycles. The Bertz CT molecular complexity index is 745. The Morgan fingerprint density at radius 3 is 2.12 bits per heavy atom. The molecule has 0 bridgehead atoms. The second-order valence-corrected chi connectivity index (χ2v) is 4.87. The van der Waals surface area contributed by atoms with Crippen LogP contribution >= 0.6 is 0 Å². The number of methoxy groups -OCH3 is 3. The predicted octanol–water partition coefficient (Wildman–Crippen LogP) is 3.83. The van der Waals surface area contributed by atoms with Crippen LogP contribution in [0.15, 0.2) is 72.5 Å². The maximum Gasteiger partial charge on any atom is 0.373 e. The fourth-order valence-electron chi connectivity index (χ4n) is 2.31. The first-order chi connectivity index (χ1) is 11.7. The van der Waals surface area contributed by atoms with Gasteiger partial charge in [-0.25, -0.2) is 4.79 Å². The lowest BCUT2D eigenvalue weighted by Gasteiger charge is -2.12. The molecular weight excluding hydrogens is 304 g/mol. The van der Waals surface area contributed by atoms with Crippen LogP contribution in [0.25, 0.3) is 5.57 Å². The Hall–Kier alpha value is -3.01. The first kappa shape index (κ1) is 17.3. The Morgan fingerprint density at radius 2 is 1.50 bits per heavy atom. The second kappa shape index (κ2) is 8.58. The summed E-state index contributed by atoms with van der Waals surface area (Å²) in [6.07, 6.45) is 3.42. The summed E-state index contributed by atoms with van der Waals surface area (Å²) in [5.74, 6) is 0.347. The van der Waals surface area contributed by atoms with Gasteiger partial charge in [-0.1, -0.05) is 48.5 Å². The molecule has 0 saturated carbocycles. The van der Waals surface area contributed by atoms with Crippen molar-refractivity contribution in [1.29, 1.82) is 0 Å². The molecule has 0 N–H and O–H groups in total. The van der Waals surface area contributed by atoms with E-state index in [0.29, 0.717) is 0 Å². The molecule has 0 atom stereocenters. The van der Waals surface area contributed by atoms with Crippen LogP contribution in [0.4, 0.5) is 0 Å². The van der Waals surface area contributed by atoms with E-state index >= 15 is 0 Å². The van der Waals surface area contributed by atoms with E-state index < -0.39 is 5.97 Å². The lowest BCUT2D eigenvalue weighted by Crippen LogP contribution is -2.06. The number of hydrogen-bond acceptors (Lipinski definition) is 4. The Kier molecular flexibility index (Phi) is 6.20. The van der Waals surface area contributed by atoms with Crippen LogP contribution in [0, 0.1) is 0 Å². The summed E-state index contributed by atoms with van der Waals surface area (Å²) in [6, 6.07) is 17.6. The van der Waals surface area contributed by atoms with Gasteiger partial charge in [0, 0.05) is 5.56 Å². The number of rotatable bonds is 6. The Labute approximate surface area is 142 Å². The van der Waals surface area contributed by atoms with Crippen molar-refractivity contribution in [3.63, 3.8) is 0 Å². The van der Waals surface area contributed by atoms with Crippen LogP contribution in [0.5, 0.6) is 5.75 Å². The molecule has 0 aromatic heterocycles. The highest BCUT2D eigenvalue weighted by molar-refractivity contribution is 5.88. The summed E-state index contributed by atoms with van der Waals surface area (Å²) >= 11 is 0. The molecule has 0 fully saturated rings. The number of hydrogen-bond donors (Lipinski definition) is 0. The SMILES string of the molecule is COC(=O)/C(=C/C=C(\c1ccccc1)c1ccccc1OC)OC. The maximum absolute atomic E-state index is 11.7. The highest BCUT2D eigenvalue weighted by Crippen LogP contribution is 2.31. The largest absolute Gasteiger partial charge is 0.496 e. The average Bonchev–Trinajstić information content (AvgIpc) is 2.65. The Morgan fingerprint density at radius 1 is 0.833 bits per heavy atom. The molecule has 0 heterocycles. The van der Waals surface area contributed by atoms with Crippen LogP contribution in [-0.4, -0.2) is 27.3 Å². The molecular formula is C20H20O4. The smallest absolute Gasteiger partial charge is 0.373 e. The molecule has 0 radical (unpaired) electrons. The van der Waals surface area contributed by atoms with E-state index in [0.717, 1.165) is 22.4 Å². The van der Waals surface area contributed by atoms with E-state index in [1.165, 1.54) is 14.2 Å². The third kappa shape index (κ3) is 4.04. The van der Waals surface area contributed by atoms with Crippen molar-refractivity contribution in [3.05, 3.63) is 83.6 Å². The van der Waals surface area contributed by atoms with Gasteiger partial charge in [0.05, 0.1) is 21.3 Å². The molecule has 0 aliphatic carbocycles. The molecule has 0 saturated heterocycles. The fraction of sp³-hybridized carbons (Fsp3) is 0.150. The quantitative estimate of drug-likeness (QED) is 0.351. The summed E-state index contributed by atoms with van der Waals surface area (Å²) in [6.45, 7) is 0. The minimum absolute atomic E-state index is 0.126. The Balaban J connectivity index is 2.58. The normalized spacial score (nSPS) is 11.8. The molecule has 4 heteroatoms. The van der Waals surface area contributed by atoms with Crippen molar-refractivity contribution in [1.82, 2.24) is 0 Å². The van der Waals surface area contributed by atoms with Gasteiger partial charge >= 0.3 is 5.97 Å². The molecule has 0 spiro atoms. The number of carbonyl (C=O) groups excluding carboxylic acids is 1. The van der Waals surface area contributed by atoms with Crippen LogP contribution in [-0.2, 0) is 14.3 Å². The first-order valence-corrected chi connectivity index (χ1v) is 7.44. The molecule has 24 heavy (non-hydrogen) atoms. The molecule has 0 unspecified atom stereocenters. The van der Waals surface area contributed by atoms with E-state index in [9.17, 15) is 4.79 Å². The average molecular weight is 324 g/mol. The van der Waals surface area contributed by atoms with E-state index in [4.69, 9.17) is 14.2 Å². The van der Waals surface area contributed by atoms with Gasteiger partial charge in [0.2, 0.25) is 5.76 Å². The van der Waals surface area contributed by atoms with Gasteiger partial charge in [0.25, 0.3) is 0 Å². The molecule has 0 aliphatic rings.